The Hall–Kier alpha value is -9.12. The van der Waals surface area contributed by atoms with Gasteiger partial charge in [0.15, 0.2) is 0 Å². The van der Waals surface area contributed by atoms with Gasteiger partial charge in [-0.15, -0.1) is 0 Å². The average molecular weight is 869 g/mol. The van der Waals surface area contributed by atoms with Crippen LogP contribution in [-0.4, -0.2) is 15.3 Å². The molecule has 0 fully saturated rings. The third kappa shape index (κ3) is 7.50. The molecular formula is C64H44N4. The van der Waals surface area contributed by atoms with Gasteiger partial charge >= 0.3 is 0 Å². The number of pyridine rings is 1. The number of fused-ring (bicyclic) bond motifs is 4. The van der Waals surface area contributed by atoms with Crippen molar-refractivity contribution in [2.24, 2.45) is 0 Å². The van der Waals surface area contributed by atoms with Gasteiger partial charge in [0.1, 0.15) is 0 Å². The number of nitrogens with zero attached hydrogens (tertiary/aromatic N) is 2. The molecule has 0 unspecified atom stereocenters. The lowest BCUT2D eigenvalue weighted by Crippen LogP contribution is -2.20. The van der Waals surface area contributed by atoms with Crippen molar-refractivity contribution in [2.45, 2.75) is 0 Å². The van der Waals surface area contributed by atoms with Crippen LogP contribution in [0.15, 0.2) is 249 Å². The molecule has 0 saturated heterocycles. The Bertz CT molecular complexity index is 3680. The van der Waals surface area contributed by atoms with E-state index < -0.39 is 0 Å². The zero-order valence-corrected chi connectivity index (χ0v) is 37.1. The van der Waals surface area contributed by atoms with Gasteiger partial charge in [-0.1, -0.05) is 200 Å². The van der Waals surface area contributed by atoms with Gasteiger partial charge in [-0.25, -0.2) is 4.98 Å². The summed E-state index contributed by atoms with van der Waals surface area (Å²) in [4.78, 5) is 5.29. The number of hydrogen-bond donors (Lipinski definition) is 2. The molecule has 0 aliphatic carbocycles. The van der Waals surface area contributed by atoms with Crippen molar-refractivity contribution in [1.82, 2.24) is 14.9 Å². The van der Waals surface area contributed by atoms with E-state index in [1.165, 1.54) is 21.8 Å². The van der Waals surface area contributed by atoms with E-state index in [9.17, 15) is 5.41 Å². The van der Waals surface area contributed by atoms with Gasteiger partial charge < -0.3 is 9.88 Å². The van der Waals surface area contributed by atoms with Crippen LogP contribution in [0.1, 0.15) is 27.8 Å². The maximum Gasteiger partial charge on any atom is 0.0715 e. The summed E-state index contributed by atoms with van der Waals surface area (Å²) >= 11 is 0. The summed E-state index contributed by atoms with van der Waals surface area (Å²) in [5.74, 6) is 0. The van der Waals surface area contributed by atoms with Gasteiger partial charge in [0, 0.05) is 50.0 Å². The summed E-state index contributed by atoms with van der Waals surface area (Å²) < 4.78 is 2.35. The second-order valence-electron chi connectivity index (χ2n) is 17.2. The van der Waals surface area contributed by atoms with Gasteiger partial charge in [-0.2, -0.15) is 0 Å². The van der Waals surface area contributed by atoms with E-state index in [4.69, 9.17) is 4.98 Å². The predicted molar refractivity (Wildman–Crippen MR) is 284 cm³/mol. The number of nitrogens with one attached hydrogen (secondary N) is 2. The second-order valence-corrected chi connectivity index (χ2v) is 17.2. The van der Waals surface area contributed by atoms with Crippen LogP contribution in [0.4, 0.5) is 0 Å². The molecule has 0 saturated carbocycles. The monoisotopic (exact) mass is 868 g/mol. The summed E-state index contributed by atoms with van der Waals surface area (Å²) in [5, 5.41) is 16.0. The smallest absolute Gasteiger partial charge is 0.0715 e. The summed E-state index contributed by atoms with van der Waals surface area (Å²) in [5.41, 5.74) is 20.1. The van der Waals surface area contributed by atoms with Gasteiger partial charge in [0.2, 0.25) is 0 Å². The number of hydrogen-bond acceptors (Lipinski definition) is 3. The maximum atomic E-state index is 9.66. The van der Waals surface area contributed by atoms with Crippen LogP contribution in [0.2, 0.25) is 0 Å². The Morgan fingerprint density at radius 2 is 0.882 bits per heavy atom. The zero-order valence-electron chi connectivity index (χ0n) is 37.1. The third-order valence-electron chi connectivity index (χ3n) is 13.0. The van der Waals surface area contributed by atoms with E-state index >= 15 is 0 Å². The molecule has 11 aromatic rings. The summed E-state index contributed by atoms with van der Waals surface area (Å²) in [6.45, 7) is 0. The first-order valence-corrected chi connectivity index (χ1v) is 23.0. The average Bonchev–Trinajstić information content (AvgIpc) is 3.76. The number of aromatic nitrogens is 2. The van der Waals surface area contributed by atoms with Crippen LogP contribution in [0.5, 0.6) is 0 Å². The number of para-hydroxylation sites is 2. The molecule has 3 heterocycles. The fourth-order valence-electron chi connectivity index (χ4n) is 9.68. The Kier molecular flexibility index (Phi) is 10.3. The maximum absolute atomic E-state index is 9.66. The quantitative estimate of drug-likeness (QED) is 0.142. The minimum Gasteiger partial charge on any atom is -0.354 e. The first kappa shape index (κ1) is 40.4. The zero-order chi connectivity index (χ0) is 45.4. The van der Waals surface area contributed by atoms with Crippen LogP contribution in [0.25, 0.3) is 95.3 Å². The van der Waals surface area contributed by atoms with E-state index in [0.29, 0.717) is 5.71 Å². The van der Waals surface area contributed by atoms with Crippen molar-refractivity contribution < 1.29 is 0 Å². The molecule has 2 N–H and O–H groups in total. The highest BCUT2D eigenvalue weighted by Gasteiger charge is 2.24. The molecule has 12 rings (SSSR count). The first-order valence-electron chi connectivity index (χ1n) is 23.0. The van der Waals surface area contributed by atoms with E-state index in [2.05, 4.69) is 204 Å². The molecule has 1 aliphatic heterocycles. The van der Waals surface area contributed by atoms with Crippen molar-refractivity contribution in [3.8, 4) is 50.5 Å². The Balaban J connectivity index is 0.959. The third-order valence-corrected chi connectivity index (χ3v) is 13.0. The minimum atomic E-state index is 0.460. The highest BCUT2D eigenvalue weighted by atomic mass is 15.0. The number of allylic oxidation sites excluding steroid dienone is 1. The topological polar surface area (TPSA) is 53.7 Å². The van der Waals surface area contributed by atoms with Crippen LogP contribution in [0, 0.1) is 5.41 Å². The molecule has 4 heteroatoms. The summed E-state index contributed by atoms with van der Waals surface area (Å²) in [7, 11) is 0. The summed E-state index contributed by atoms with van der Waals surface area (Å²) in [6.07, 6.45) is 2.24. The van der Waals surface area contributed by atoms with Crippen LogP contribution >= 0.6 is 0 Å². The molecule has 9 aromatic carbocycles. The van der Waals surface area contributed by atoms with Crippen LogP contribution in [0.3, 0.4) is 0 Å². The Morgan fingerprint density at radius 3 is 1.51 bits per heavy atom. The second kappa shape index (κ2) is 17.4. The van der Waals surface area contributed by atoms with Crippen molar-refractivity contribution in [1.29, 1.82) is 5.41 Å². The number of benzene rings is 9. The molecule has 1 aliphatic rings. The molecule has 68 heavy (non-hydrogen) atoms. The fourth-order valence-corrected chi connectivity index (χ4v) is 9.68. The highest BCUT2D eigenvalue weighted by molar-refractivity contribution is 6.36. The van der Waals surface area contributed by atoms with Crippen molar-refractivity contribution in [2.75, 3.05) is 0 Å². The van der Waals surface area contributed by atoms with E-state index in [0.717, 1.165) is 95.2 Å². The van der Waals surface area contributed by atoms with Gasteiger partial charge in [0.25, 0.3) is 0 Å². The SMILES string of the molecule is N=C(/C(=C1\NC(c2ccccc2)=Cc2cc(-c3cccc(-c4cc(-c5ccccc5)nc(-c5ccc(-n6c7ccccc7c7ccccc76)cc5)c4)c3)ccc21)c1ccccc1)c1ccccc1. The van der Waals surface area contributed by atoms with Gasteiger partial charge in [-0.05, 0) is 93.6 Å². The van der Waals surface area contributed by atoms with Crippen LogP contribution in [-0.2, 0) is 0 Å². The van der Waals surface area contributed by atoms with E-state index in [1.54, 1.807) is 0 Å². The van der Waals surface area contributed by atoms with Crippen molar-refractivity contribution >= 4 is 50.6 Å². The molecular weight excluding hydrogens is 825 g/mol. The minimum absolute atomic E-state index is 0.460. The van der Waals surface area contributed by atoms with E-state index in [-0.39, 0.29) is 0 Å². The highest BCUT2D eigenvalue weighted by Crippen LogP contribution is 2.40. The molecule has 2 aromatic heterocycles. The van der Waals surface area contributed by atoms with E-state index in [1.807, 2.05) is 60.7 Å². The van der Waals surface area contributed by atoms with Crippen molar-refractivity contribution in [3.63, 3.8) is 0 Å². The molecule has 0 radical (unpaired) electrons. The van der Waals surface area contributed by atoms with Gasteiger partial charge in [-0.3, -0.25) is 5.41 Å². The normalized spacial score (nSPS) is 12.9. The Morgan fingerprint density at radius 1 is 0.397 bits per heavy atom. The van der Waals surface area contributed by atoms with Crippen molar-refractivity contribution in [3.05, 3.63) is 277 Å². The molecule has 4 nitrogen and oxygen atoms in total. The fraction of sp³-hybridized carbons (Fsp3) is 0. The molecule has 0 atom stereocenters. The standard InChI is InChI=1S/C64H44N4/c65-63(47-24-11-4-12-25-47)62(46-22-9-3-10-23-46)64-54-37-34-50(39-52(54)42-59(67-64)44-20-7-2-8-21-44)48-26-17-27-49(38-48)51-40-57(43-18-5-1-6-19-43)66-58(41-51)45-32-35-53(36-33-45)68-60-30-15-13-28-55(60)56-29-14-16-31-61(56)68/h1-42,65,67H/b64-62-,65-63?. The predicted octanol–water partition coefficient (Wildman–Crippen LogP) is 15.9. The Labute approximate surface area is 396 Å². The van der Waals surface area contributed by atoms with Gasteiger partial charge in [0.05, 0.1) is 33.8 Å². The molecule has 0 spiro atoms. The largest absolute Gasteiger partial charge is 0.354 e. The van der Waals surface area contributed by atoms with Crippen LogP contribution < -0.4 is 5.32 Å². The molecule has 0 amide bonds. The number of rotatable bonds is 9. The first-order chi connectivity index (χ1) is 33.6. The lowest BCUT2D eigenvalue weighted by Gasteiger charge is -2.26. The molecule has 0 bridgehead atoms. The lowest BCUT2D eigenvalue weighted by atomic mass is 9.86. The summed E-state index contributed by atoms with van der Waals surface area (Å²) in [6, 6.07) is 87.2. The lowest BCUT2D eigenvalue weighted by molar-refractivity contribution is 1.18. The molecule has 320 valence electrons.